The van der Waals surface area contributed by atoms with Gasteiger partial charge in [0.05, 0.1) is 5.56 Å². The normalized spacial score (nSPS) is 15.3. The van der Waals surface area contributed by atoms with E-state index in [-0.39, 0.29) is 6.09 Å². The smallest absolute Gasteiger partial charge is 0.410 e. The van der Waals surface area contributed by atoms with Gasteiger partial charge in [-0.1, -0.05) is 0 Å². The van der Waals surface area contributed by atoms with Crippen LogP contribution < -0.4 is 4.90 Å². The number of carbonyl (C=O) groups excluding carboxylic acids is 1. The molecule has 0 saturated carbocycles. The number of anilines is 1. The van der Waals surface area contributed by atoms with Crippen molar-refractivity contribution in [2.75, 3.05) is 31.1 Å². The van der Waals surface area contributed by atoms with Gasteiger partial charge in [-0.15, -0.1) is 0 Å². The number of carbonyl (C=O) groups is 1. The molecule has 1 amide bonds. The Morgan fingerprint density at radius 2 is 1.87 bits per heavy atom. The zero-order valence-electron chi connectivity index (χ0n) is 14.0. The second-order valence-electron chi connectivity index (χ2n) is 6.68. The van der Waals surface area contributed by atoms with E-state index >= 15 is 0 Å². The van der Waals surface area contributed by atoms with E-state index in [4.69, 9.17) is 10.00 Å². The third-order valence-electron chi connectivity index (χ3n) is 3.68. The van der Waals surface area contributed by atoms with Crippen molar-refractivity contribution in [3.63, 3.8) is 0 Å². The van der Waals surface area contributed by atoms with Gasteiger partial charge in [-0.05, 0) is 61.3 Å². The highest BCUT2D eigenvalue weighted by Crippen LogP contribution is 2.28. The first-order valence-corrected chi connectivity index (χ1v) is 8.43. The predicted molar refractivity (Wildman–Crippen MR) is 93.6 cm³/mol. The van der Waals surface area contributed by atoms with Crippen LogP contribution in [0.2, 0.25) is 0 Å². The number of benzene rings is 1. The number of amides is 1. The molecule has 0 aliphatic carbocycles. The molecule has 0 N–H and O–H groups in total. The van der Waals surface area contributed by atoms with Crippen molar-refractivity contribution in [2.45, 2.75) is 33.3 Å². The highest BCUT2D eigenvalue weighted by Gasteiger charge is 2.26. The molecule has 124 valence electrons. The third kappa shape index (κ3) is 4.38. The maximum atomic E-state index is 12.1. The number of aryl methyl sites for hydroxylation is 1. The van der Waals surface area contributed by atoms with Gasteiger partial charge in [0, 0.05) is 36.3 Å². The Balaban J connectivity index is 2.04. The van der Waals surface area contributed by atoms with E-state index in [0.717, 1.165) is 28.8 Å². The average Bonchev–Trinajstić information content (AvgIpc) is 2.47. The van der Waals surface area contributed by atoms with Gasteiger partial charge in [-0.2, -0.15) is 5.26 Å². The Bertz CT molecular complexity index is 638. The summed E-state index contributed by atoms with van der Waals surface area (Å²) in [6.45, 7) is 10.4. The van der Waals surface area contributed by atoms with Crippen LogP contribution in [0.3, 0.4) is 0 Å². The Hall–Kier alpha value is -1.74. The molecule has 1 fully saturated rings. The van der Waals surface area contributed by atoms with E-state index in [1.165, 1.54) is 0 Å². The van der Waals surface area contributed by atoms with Crippen LogP contribution in [0.4, 0.5) is 10.5 Å². The topological polar surface area (TPSA) is 56.6 Å². The number of rotatable bonds is 1. The number of nitrogens with zero attached hydrogens (tertiary/aromatic N) is 3. The molecule has 0 aromatic heterocycles. The summed E-state index contributed by atoms with van der Waals surface area (Å²) in [5, 5.41) is 9.08. The summed E-state index contributed by atoms with van der Waals surface area (Å²) >= 11 is 3.44. The predicted octanol–water partition coefficient (Wildman–Crippen LogP) is 3.69. The molecule has 1 aliphatic heterocycles. The molecule has 1 aliphatic rings. The van der Waals surface area contributed by atoms with Gasteiger partial charge < -0.3 is 14.5 Å². The van der Waals surface area contributed by atoms with Crippen LogP contribution in [0.1, 0.15) is 31.9 Å². The van der Waals surface area contributed by atoms with Crippen molar-refractivity contribution in [1.29, 1.82) is 5.26 Å². The number of piperazine rings is 1. The van der Waals surface area contributed by atoms with Crippen LogP contribution in [-0.2, 0) is 4.74 Å². The molecule has 1 saturated heterocycles. The number of halogens is 1. The zero-order chi connectivity index (χ0) is 17.2. The van der Waals surface area contributed by atoms with Gasteiger partial charge in [-0.3, -0.25) is 0 Å². The minimum atomic E-state index is -0.469. The largest absolute Gasteiger partial charge is 0.444 e. The van der Waals surface area contributed by atoms with Gasteiger partial charge in [-0.25, -0.2) is 4.79 Å². The molecule has 5 nitrogen and oxygen atoms in total. The van der Waals surface area contributed by atoms with Crippen LogP contribution >= 0.6 is 15.9 Å². The standard InChI is InChI=1S/C17H22BrN3O2/c1-12-9-13(11-19)14(18)10-15(12)20-5-7-21(8-6-20)16(22)23-17(2,3)4/h9-10H,5-8H2,1-4H3. The van der Waals surface area contributed by atoms with Gasteiger partial charge in [0.1, 0.15) is 11.7 Å². The van der Waals surface area contributed by atoms with Gasteiger partial charge in [0.2, 0.25) is 0 Å². The molecule has 23 heavy (non-hydrogen) atoms. The summed E-state index contributed by atoms with van der Waals surface area (Å²) in [6.07, 6.45) is -0.255. The molecule has 6 heteroatoms. The van der Waals surface area contributed by atoms with E-state index in [1.807, 2.05) is 39.8 Å². The van der Waals surface area contributed by atoms with Gasteiger partial charge in [0.15, 0.2) is 0 Å². The van der Waals surface area contributed by atoms with Crippen molar-refractivity contribution in [3.05, 3.63) is 27.7 Å². The molecule has 0 atom stereocenters. The molecule has 0 spiro atoms. The van der Waals surface area contributed by atoms with E-state index in [0.29, 0.717) is 18.7 Å². The Labute approximate surface area is 145 Å². The van der Waals surface area contributed by atoms with E-state index in [9.17, 15) is 4.79 Å². The molecule has 0 bridgehead atoms. The summed E-state index contributed by atoms with van der Waals surface area (Å²) < 4.78 is 6.22. The van der Waals surface area contributed by atoms with Crippen LogP contribution in [0.15, 0.2) is 16.6 Å². The zero-order valence-corrected chi connectivity index (χ0v) is 15.6. The lowest BCUT2D eigenvalue weighted by atomic mass is 10.1. The summed E-state index contributed by atoms with van der Waals surface area (Å²) in [5.74, 6) is 0. The van der Waals surface area contributed by atoms with Crippen LogP contribution in [0.25, 0.3) is 0 Å². The first-order valence-electron chi connectivity index (χ1n) is 7.64. The molecule has 0 radical (unpaired) electrons. The summed E-state index contributed by atoms with van der Waals surface area (Å²) in [7, 11) is 0. The molecule has 1 heterocycles. The lowest BCUT2D eigenvalue weighted by Gasteiger charge is -2.37. The first kappa shape index (κ1) is 17.6. The van der Waals surface area contributed by atoms with Crippen LogP contribution in [-0.4, -0.2) is 42.8 Å². The quantitative estimate of drug-likeness (QED) is 0.746. The first-order chi connectivity index (χ1) is 10.7. The summed E-state index contributed by atoms with van der Waals surface area (Å²) in [4.78, 5) is 16.1. The van der Waals surface area contributed by atoms with E-state index < -0.39 is 5.60 Å². The highest BCUT2D eigenvalue weighted by atomic mass is 79.9. The average molecular weight is 380 g/mol. The highest BCUT2D eigenvalue weighted by molar-refractivity contribution is 9.10. The van der Waals surface area contributed by atoms with Crippen LogP contribution in [0, 0.1) is 18.3 Å². The van der Waals surface area contributed by atoms with Crippen molar-refractivity contribution < 1.29 is 9.53 Å². The number of nitriles is 1. The molecule has 1 aromatic rings. The minimum absolute atomic E-state index is 0.255. The van der Waals surface area contributed by atoms with E-state index in [1.54, 1.807) is 4.90 Å². The van der Waals surface area contributed by atoms with Gasteiger partial charge in [0.25, 0.3) is 0 Å². The minimum Gasteiger partial charge on any atom is -0.444 e. The van der Waals surface area contributed by atoms with Crippen molar-refractivity contribution in [3.8, 4) is 6.07 Å². The molecular weight excluding hydrogens is 358 g/mol. The lowest BCUT2D eigenvalue weighted by Crippen LogP contribution is -2.50. The lowest BCUT2D eigenvalue weighted by molar-refractivity contribution is 0.0240. The molecule has 1 aromatic carbocycles. The summed E-state index contributed by atoms with van der Waals surface area (Å²) in [5.41, 5.74) is 2.33. The van der Waals surface area contributed by atoms with E-state index in [2.05, 4.69) is 26.9 Å². The van der Waals surface area contributed by atoms with Gasteiger partial charge >= 0.3 is 6.09 Å². The summed E-state index contributed by atoms with van der Waals surface area (Å²) in [6, 6.07) is 6.05. The van der Waals surface area contributed by atoms with Crippen molar-refractivity contribution in [2.24, 2.45) is 0 Å². The van der Waals surface area contributed by atoms with Crippen molar-refractivity contribution >= 4 is 27.7 Å². The number of hydrogen-bond acceptors (Lipinski definition) is 4. The van der Waals surface area contributed by atoms with Crippen LogP contribution in [0.5, 0.6) is 0 Å². The Morgan fingerprint density at radius 3 is 2.39 bits per heavy atom. The number of ether oxygens (including phenoxy) is 1. The molecule has 2 rings (SSSR count). The Morgan fingerprint density at radius 1 is 1.26 bits per heavy atom. The SMILES string of the molecule is Cc1cc(C#N)c(Br)cc1N1CCN(C(=O)OC(C)(C)C)CC1. The second kappa shape index (κ2) is 6.79. The monoisotopic (exact) mass is 379 g/mol. The third-order valence-corrected chi connectivity index (χ3v) is 4.33. The molecule has 0 unspecified atom stereocenters. The molecular formula is C17H22BrN3O2. The Kier molecular flexibility index (Phi) is 5.20. The fourth-order valence-electron chi connectivity index (χ4n) is 2.55. The maximum absolute atomic E-state index is 12.1. The second-order valence-corrected chi connectivity index (χ2v) is 7.54. The fraction of sp³-hybridized carbons (Fsp3) is 0.529. The number of hydrogen-bond donors (Lipinski definition) is 0. The fourth-order valence-corrected chi connectivity index (χ4v) is 2.97. The maximum Gasteiger partial charge on any atom is 0.410 e. The van der Waals surface area contributed by atoms with Crippen molar-refractivity contribution in [1.82, 2.24) is 4.90 Å².